The molecule has 2 bridgehead atoms. The van der Waals surface area contributed by atoms with Gasteiger partial charge in [0.2, 0.25) is 0 Å². The molecule has 0 atom stereocenters. The Labute approximate surface area is 225 Å². The summed E-state index contributed by atoms with van der Waals surface area (Å²) in [7, 11) is -14.1. The van der Waals surface area contributed by atoms with Crippen molar-refractivity contribution in [3.63, 3.8) is 0 Å². The summed E-state index contributed by atoms with van der Waals surface area (Å²) in [6.07, 6.45) is 2.36. The number of fused-ring (bicyclic) bond motifs is 2. The standard InChI is InChI=1S/C16H28N4.BrH.3ClHO4/c1-4-15-12-16(5-1)14-20-9-3-7-18-11-10-17-6-2-8-19-13-15;;3*2-1(3,4)5/h1,4-5,12,17-20H,2-3,6-11,13-14H2;1H;3*(H,2,3,4,5). The van der Waals surface area contributed by atoms with E-state index in [0.717, 1.165) is 52.4 Å². The topological polar surface area (TPSA) is 316 Å². The minimum atomic E-state index is -4.69. The number of hydrogen-bond acceptors (Lipinski definition) is 16. The zero-order valence-electron chi connectivity index (χ0n) is 18.9. The van der Waals surface area contributed by atoms with Crippen molar-refractivity contribution in [1.29, 1.82) is 0 Å². The molecular weight excluding hydrogens is 626 g/mol. The van der Waals surface area contributed by atoms with E-state index in [2.05, 4.69) is 45.5 Å². The molecule has 0 aliphatic carbocycles. The summed E-state index contributed by atoms with van der Waals surface area (Å²) in [5, 5.41) is 14.0. The van der Waals surface area contributed by atoms with Crippen molar-refractivity contribution in [2.24, 2.45) is 0 Å². The van der Waals surface area contributed by atoms with Crippen LogP contribution in [-0.4, -0.2) is 53.2 Å². The van der Waals surface area contributed by atoms with E-state index in [1.807, 2.05) is 0 Å². The molecule has 2 rings (SSSR count). The maximum Gasteiger partial charge on any atom is 0.0777 e. The lowest BCUT2D eigenvalue weighted by molar-refractivity contribution is -1.92. The van der Waals surface area contributed by atoms with Crippen molar-refractivity contribution < 1.29 is 86.6 Å². The van der Waals surface area contributed by atoms with Gasteiger partial charge in [0.15, 0.2) is 0 Å². The second kappa shape index (κ2) is 22.9. The second-order valence-corrected chi connectivity index (χ2v) is 8.94. The molecule has 0 saturated heterocycles. The molecule has 7 N–H and O–H groups in total. The molecule has 1 aliphatic heterocycles. The van der Waals surface area contributed by atoms with Gasteiger partial charge in [-0.05, 0) is 50.1 Å². The SMILES string of the molecule is Br.[O-][Cl+3]([O-])([O-])O.[O-][Cl+3]([O-])([O-])O.[O-][Cl+3]([O-])([O-])O.c1cc2cc(c1)CNCCCNCCNCCCNC2. The zero-order chi connectivity index (χ0) is 27.4. The third-order valence-corrected chi connectivity index (χ3v) is 3.54. The molecule has 16 nitrogen and oxygen atoms in total. The first kappa shape index (κ1) is 40.4. The van der Waals surface area contributed by atoms with Crippen LogP contribution in [0, 0.1) is 30.7 Å². The van der Waals surface area contributed by atoms with Crippen LogP contribution in [0.15, 0.2) is 24.3 Å². The summed E-state index contributed by atoms with van der Waals surface area (Å²) in [5.74, 6) is 0. The van der Waals surface area contributed by atoms with Gasteiger partial charge in [-0.15, -0.1) is 17.0 Å². The molecule has 36 heavy (non-hydrogen) atoms. The van der Waals surface area contributed by atoms with Gasteiger partial charge in [-0.25, -0.2) is 0 Å². The molecule has 216 valence electrons. The minimum Gasteiger partial charge on any atom is -0.315 e. The van der Waals surface area contributed by atoms with E-state index in [4.69, 9.17) is 55.9 Å². The highest BCUT2D eigenvalue weighted by molar-refractivity contribution is 8.93. The van der Waals surface area contributed by atoms with Gasteiger partial charge in [-0.3, -0.25) is 0 Å². The molecule has 1 aromatic carbocycles. The first-order valence-corrected chi connectivity index (χ1v) is 13.5. The molecule has 0 unspecified atom stereocenters. The molecule has 1 aromatic rings. The van der Waals surface area contributed by atoms with Crippen LogP contribution in [0.5, 0.6) is 0 Å². The summed E-state index contributed by atoms with van der Waals surface area (Å²) in [6, 6.07) is 8.86. The van der Waals surface area contributed by atoms with Crippen molar-refractivity contribution in [2.45, 2.75) is 25.9 Å². The first-order chi connectivity index (χ1) is 15.9. The second-order valence-electron chi connectivity index (χ2n) is 6.57. The summed E-state index contributed by atoms with van der Waals surface area (Å²) < 4.78 is 98.2. The Bertz CT molecular complexity index is 562. The average molecular weight is 659 g/mol. The smallest absolute Gasteiger partial charge is 0.0777 e. The van der Waals surface area contributed by atoms with Gasteiger partial charge in [0.05, 0.1) is 44.7 Å². The maximum absolute atomic E-state index is 8.60. The van der Waals surface area contributed by atoms with E-state index in [1.54, 1.807) is 0 Å². The van der Waals surface area contributed by atoms with Crippen molar-refractivity contribution in [3.05, 3.63) is 35.4 Å². The molecule has 0 radical (unpaired) electrons. The predicted octanol–water partition coefficient (Wildman–Crippen LogP) is -11.0. The van der Waals surface area contributed by atoms with E-state index >= 15 is 0 Å². The molecule has 1 aliphatic rings. The van der Waals surface area contributed by atoms with Gasteiger partial charge in [0.25, 0.3) is 0 Å². The summed E-state index contributed by atoms with van der Waals surface area (Å²) >= 11 is 0. The van der Waals surface area contributed by atoms with Crippen LogP contribution in [0.4, 0.5) is 0 Å². The van der Waals surface area contributed by atoms with Gasteiger partial charge in [-0.1, -0.05) is 24.3 Å². The Kier molecular flexibility index (Phi) is 25.7. The lowest BCUT2D eigenvalue weighted by atomic mass is 10.1. The summed E-state index contributed by atoms with van der Waals surface area (Å²) in [5.41, 5.74) is 2.76. The normalized spacial score (nSPS) is 16.2. The van der Waals surface area contributed by atoms with Crippen LogP contribution in [0.25, 0.3) is 0 Å². The molecular formula is C16H32BrCl3N4O12. The highest BCUT2D eigenvalue weighted by atomic mass is 79.9. The van der Waals surface area contributed by atoms with Crippen LogP contribution < -0.4 is 63.2 Å². The van der Waals surface area contributed by atoms with Gasteiger partial charge in [0.1, 0.15) is 0 Å². The van der Waals surface area contributed by atoms with E-state index < -0.39 is 30.7 Å². The maximum atomic E-state index is 8.60. The molecule has 20 heteroatoms. The Morgan fingerprint density at radius 3 is 1.11 bits per heavy atom. The quantitative estimate of drug-likeness (QED) is 0.136. The molecule has 0 aromatic heterocycles. The number of halogens is 4. The van der Waals surface area contributed by atoms with Gasteiger partial charge < -0.3 is 21.3 Å². The van der Waals surface area contributed by atoms with Gasteiger partial charge in [0, 0.05) is 26.2 Å². The fourth-order valence-electron chi connectivity index (χ4n) is 2.42. The summed E-state index contributed by atoms with van der Waals surface area (Å²) in [4.78, 5) is 0. The number of nitrogens with one attached hydrogen (secondary N) is 4. The fraction of sp³-hybridized carbons (Fsp3) is 0.625. The van der Waals surface area contributed by atoms with Gasteiger partial charge >= 0.3 is 0 Å². The number of hydrogen-bond donors (Lipinski definition) is 7. The lowest BCUT2D eigenvalue weighted by Crippen LogP contribution is -2.58. The highest BCUT2D eigenvalue weighted by Gasteiger charge is 2.00. The fourth-order valence-corrected chi connectivity index (χ4v) is 2.42. The lowest BCUT2D eigenvalue weighted by Gasteiger charge is -2.08. The Balaban J connectivity index is -0.000000561. The molecule has 0 amide bonds. The van der Waals surface area contributed by atoms with Crippen molar-refractivity contribution in [1.82, 2.24) is 21.3 Å². The average Bonchev–Trinajstić information content (AvgIpc) is 2.64. The largest absolute Gasteiger partial charge is 0.315 e. The highest BCUT2D eigenvalue weighted by Crippen LogP contribution is 2.05. The first-order valence-electron chi connectivity index (χ1n) is 9.75. The zero-order valence-corrected chi connectivity index (χ0v) is 22.9. The summed E-state index contributed by atoms with van der Waals surface area (Å²) in [6.45, 7) is 8.39. The van der Waals surface area contributed by atoms with Crippen LogP contribution in [0.1, 0.15) is 24.0 Å². The van der Waals surface area contributed by atoms with Crippen LogP contribution in [0.3, 0.4) is 0 Å². The monoisotopic (exact) mass is 656 g/mol. The molecule has 1 heterocycles. The minimum absolute atomic E-state index is 0. The predicted molar refractivity (Wildman–Crippen MR) is 102 cm³/mol. The van der Waals surface area contributed by atoms with E-state index in [-0.39, 0.29) is 17.0 Å². The third-order valence-electron chi connectivity index (χ3n) is 3.54. The van der Waals surface area contributed by atoms with E-state index in [9.17, 15) is 0 Å². The van der Waals surface area contributed by atoms with Crippen molar-refractivity contribution in [3.8, 4) is 0 Å². The van der Waals surface area contributed by atoms with Crippen molar-refractivity contribution >= 4 is 17.0 Å². The van der Waals surface area contributed by atoms with E-state index in [0.29, 0.717) is 0 Å². The van der Waals surface area contributed by atoms with Crippen LogP contribution in [-0.2, 0) is 13.1 Å². The Morgan fingerprint density at radius 2 is 0.806 bits per heavy atom. The van der Waals surface area contributed by atoms with Crippen molar-refractivity contribution in [2.75, 3.05) is 39.3 Å². The Hall–Kier alpha value is -0.0700. The molecule has 0 saturated carbocycles. The van der Waals surface area contributed by atoms with Crippen LogP contribution >= 0.6 is 17.0 Å². The number of benzene rings is 1. The van der Waals surface area contributed by atoms with Crippen LogP contribution in [0.2, 0.25) is 0 Å². The number of rotatable bonds is 0. The molecule has 0 fully saturated rings. The molecule has 0 spiro atoms. The van der Waals surface area contributed by atoms with Gasteiger partial charge in [-0.2, -0.15) is 41.9 Å². The third kappa shape index (κ3) is 50.7. The Morgan fingerprint density at radius 1 is 0.528 bits per heavy atom. The van der Waals surface area contributed by atoms with E-state index in [1.165, 1.54) is 24.0 Å².